The molecule has 6 rings (SSSR count). The number of benzene rings is 4. The van der Waals surface area contributed by atoms with Crippen molar-refractivity contribution in [1.82, 2.24) is 8.54 Å². The lowest BCUT2D eigenvalue weighted by atomic mass is 9.96. The van der Waals surface area contributed by atoms with Crippen molar-refractivity contribution in [2.75, 3.05) is 7.11 Å². The number of esters is 1. The van der Waals surface area contributed by atoms with Gasteiger partial charge in [0.2, 0.25) is 0 Å². The van der Waals surface area contributed by atoms with Crippen LogP contribution in [0.25, 0.3) is 44.4 Å². The molecule has 0 aliphatic carbocycles. The van der Waals surface area contributed by atoms with E-state index in [2.05, 4.69) is 6.07 Å². The summed E-state index contributed by atoms with van der Waals surface area (Å²) in [7, 11) is 2.99. The summed E-state index contributed by atoms with van der Waals surface area (Å²) in [6.07, 6.45) is -0.988. The molecule has 0 saturated carbocycles. The summed E-state index contributed by atoms with van der Waals surface area (Å²) in [6.45, 7) is 0. The minimum absolute atomic E-state index is 0.216. The molecule has 0 bridgehead atoms. The number of carbonyl (C=O) groups is 1. The molecule has 1 atom stereocenters. The number of alkyl halides is 2. The van der Waals surface area contributed by atoms with Gasteiger partial charge in [0, 0.05) is 51.5 Å². The minimum Gasteiger partial charge on any atom is -0.587 e. The van der Waals surface area contributed by atoms with Crippen LogP contribution in [0.4, 0.5) is 13.2 Å². The van der Waals surface area contributed by atoms with Crippen LogP contribution in [-0.4, -0.2) is 26.2 Å². The largest absolute Gasteiger partial charge is 0.587 e. The molecule has 0 amide bonds. The quantitative estimate of drug-likeness (QED) is 0.127. The molecule has 0 fully saturated rings. The molecule has 1 unspecified atom stereocenters. The van der Waals surface area contributed by atoms with E-state index in [1.165, 1.54) is 59.6 Å². The molecule has 0 spiro atoms. The van der Waals surface area contributed by atoms with Gasteiger partial charge in [-0.05, 0) is 72.3 Å². The Hall–Kier alpha value is -4.95. The zero-order valence-electron chi connectivity index (χ0n) is 24.3. The number of halogens is 4. The highest BCUT2D eigenvalue weighted by molar-refractivity contribution is 7.90. The highest BCUT2D eigenvalue weighted by atomic mass is 35.5. The zero-order valence-corrected chi connectivity index (χ0v) is 25.9. The number of methoxy groups -OCH3 is 1. The van der Waals surface area contributed by atoms with E-state index in [4.69, 9.17) is 16.3 Å². The number of ether oxygens (including phenoxy) is 1. The molecule has 6 nitrogen and oxygen atoms in total. The van der Waals surface area contributed by atoms with Crippen LogP contribution in [-0.2, 0) is 23.1 Å². The molecule has 0 radical (unpaired) electrons. The average Bonchev–Trinajstić information content (AvgIpc) is 3.60. The summed E-state index contributed by atoms with van der Waals surface area (Å²) in [5.74, 6) is -1.08. The molecule has 4 aromatic carbocycles. The second-order valence-corrected chi connectivity index (χ2v) is 12.1. The Morgan fingerprint density at radius 3 is 2.39 bits per heavy atom. The van der Waals surface area contributed by atoms with Crippen molar-refractivity contribution >= 4 is 39.8 Å². The maximum Gasteiger partial charge on any atom is 0.337 e. The van der Waals surface area contributed by atoms with E-state index < -0.39 is 29.6 Å². The van der Waals surface area contributed by atoms with Crippen molar-refractivity contribution in [3.05, 3.63) is 125 Å². The monoisotopic (exact) mass is 657 g/mol. The van der Waals surface area contributed by atoms with Crippen LogP contribution >= 0.6 is 11.6 Å². The summed E-state index contributed by atoms with van der Waals surface area (Å²) in [5, 5.41) is 10.8. The zero-order chi connectivity index (χ0) is 32.7. The highest BCUT2D eigenvalue weighted by Crippen LogP contribution is 2.45. The van der Waals surface area contributed by atoms with Gasteiger partial charge in [-0.25, -0.2) is 18.0 Å². The fourth-order valence-corrected chi connectivity index (χ4v) is 7.05. The van der Waals surface area contributed by atoms with Crippen LogP contribution in [0.2, 0.25) is 5.02 Å². The second-order valence-electron chi connectivity index (χ2n) is 10.4. The Bertz CT molecular complexity index is 2170. The van der Waals surface area contributed by atoms with E-state index in [1.807, 2.05) is 12.1 Å². The third kappa shape index (κ3) is 5.43. The molecule has 6 aromatic rings. The van der Waals surface area contributed by atoms with Gasteiger partial charge in [-0.1, -0.05) is 35.9 Å². The van der Waals surface area contributed by atoms with Gasteiger partial charge < -0.3 is 13.9 Å². The smallest absolute Gasteiger partial charge is 0.337 e. The number of nitriles is 1. The van der Waals surface area contributed by atoms with Crippen molar-refractivity contribution in [1.29, 1.82) is 5.26 Å². The maximum absolute atomic E-state index is 14.9. The van der Waals surface area contributed by atoms with Crippen molar-refractivity contribution in [2.24, 2.45) is 7.05 Å². The van der Waals surface area contributed by atoms with Crippen LogP contribution in [0.15, 0.2) is 102 Å². The summed E-state index contributed by atoms with van der Waals surface area (Å²) in [5.41, 5.74) is 3.95. The first-order valence-corrected chi connectivity index (χ1v) is 15.3. The number of hydrogen-bond acceptors (Lipinski definition) is 4. The lowest BCUT2D eigenvalue weighted by Gasteiger charge is -2.17. The molecule has 230 valence electrons. The Morgan fingerprint density at radius 1 is 0.978 bits per heavy atom. The third-order valence-corrected chi connectivity index (χ3v) is 9.37. The van der Waals surface area contributed by atoms with Crippen LogP contribution in [0, 0.1) is 17.1 Å². The number of rotatable bonds is 7. The van der Waals surface area contributed by atoms with Gasteiger partial charge in [0.1, 0.15) is 34.6 Å². The number of nitrogens with zero attached hydrogens (tertiary/aromatic N) is 3. The van der Waals surface area contributed by atoms with Crippen molar-refractivity contribution in [2.45, 2.75) is 11.3 Å². The van der Waals surface area contributed by atoms with Gasteiger partial charge in [0.15, 0.2) is 4.90 Å². The van der Waals surface area contributed by atoms with Gasteiger partial charge >= 0.3 is 5.97 Å². The molecular formula is C35H23ClF3N3O3S. The summed E-state index contributed by atoms with van der Waals surface area (Å²) in [4.78, 5) is 12.3. The molecule has 2 heterocycles. The predicted octanol–water partition coefficient (Wildman–Crippen LogP) is 8.94. The first kappa shape index (κ1) is 31.0. The standard InChI is InChI=1S/C35H23ClF3N3O3S/c1-41-15-14-27(31(41)19-40)32-28-18-24(37)9-13-30(28)42(46(44)25-10-6-20(7-11-25)34(38)39)33(32)22-5-3-4-21(16-22)26-12-8-23(17-29(26)36)35(43)45-2/h3-18,34H,1-2H3. The van der Waals surface area contributed by atoms with Gasteiger partial charge in [0.05, 0.1) is 18.2 Å². The van der Waals surface area contributed by atoms with Crippen molar-refractivity contribution in [3.63, 3.8) is 0 Å². The molecule has 2 aromatic heterocycles. The fourth-order valence-electron chi connectivity index (χ4n) is 5.48. The first-order valence-electron chi connectivity index (χ1n) is 13.8. The molecule has 0 saturated heterocycles. The molecule has 0 aliphatic heterocycles. The lowest BCUT2D eigenvalue weighted by molar-refractivity contribution is 0.0600. The van der Waals surface area contributed by atoms with E-state index in [-0.39, 0.29) is 16.0 Å². The van der Waals surface area contributed by atoms with E-state index in [0.717, 1.165) is 0 Å². The number of carbonyl (C=O) groups excluding carboxylic acids is 1. The minimum atomic E-state index is -2.70. The van der Waals surface area contributed by atoms with Gasteiger partial charge in [-0.15, -0.1) is 0 Å². The molecular weight excluding hydrogens is 635 g/mol. The summed E-state index contributed by atoms with van der Waals surface area (Å²) < 4.78 is 63.9. The van der Waals surface area contributed by atoms with Crippen LogP contribution < -0.4 is 0 Å². The fraction of sp³-hybridized carbons (Fsp3) is 0.0857. The van der Waals surface area contributed by atoms with E-state index in [9.17, 15) is 27.8 Å². The van der Waals surface area contributed by atoms with Gasteiger partial charge in [-0.3, -0.25) is 0 Å². The summed E-state index contributed by atoms with van der Waals surface area (Å²) in [6, 6.07) is 25.2. The van der Waals surface area contributed by atoms with E-state index in [1.54, 1.807) is 48.1 Å². The maximum atomic E-state index is 14.9. The highest BCUT2D eigenvalue weighted by Gasteiger charge is 2.31. The van der Waals surface area contributed by atoms with Crippen LogP contribution in [0.5, 0.6) is 0 Å². The third-order valence-electron chi connectivity index (χ3n) is 7.67. The SMILES string of the molecule is COC(=O)c1ccc(-c2cccc(-c3c(-c4ccn(C)c4C#N)c4cc(F)ccc4n3[S+]([O-])c3ccc(C(F)F)cc3)c2)c(Cl)c1. The Balaban J connectivity index is 1.65. The normalized spacial score (nSPS) is 12.0. The Morgan fingerprint density at radius 2 is 1.72 bits per heavy atom. The lowest BCUT2D eigenvalue weighted by Crippen LogP contribution is -2.14. The number of aromatic nitrogens is 2. The number of aryl methyl sites for hydroxylation is 1. The van der Waals surface area contributed by atoms with Crippen LogP contribution in [0.3, 0.4) is 0 Å². The second kappa shape index (κ2) is 12.4. The summed E-state index contributed by atoms with van der Waals surface area (Å²) >= 11 is 4.62. The van der Waals surface area contributed by atoms with Crippen LogP contribution in [0.1, 0.15) is 28.0 Å². The molecule has 0 N–H and O–H groups in total. The predicted molar refractivity (Wildman–Crippen MR) is 171 cm³/mol. The number of hydrogen-bond donors (Lipinski definition) is 0. The first-order chi connectivity index (χ1) is 22.1. The van der Waals surface area contributed by atoms with Gasteiger partial charge in [-0.2, -0.15) is 9.23 Å². The van der Waals surface area contributed by atoms with Crippen molar-refractivity contribution in [3.8, 4) is 39.6 Å². The van der Waals surface area contributed by atoms with E-state index in [0.29, 0.717) is 55.1 Å². The Kier molecular flexibility index (Phi) is 8.40. The number of fused-ring (bicyclic) bond motifs is 1. The molecule has 0 aliphatic rings. The molecule has 11 heteroatoms. The van der Waals surface area contributed by atoms with Gasteiger partial charge in [0.25, 0.3) is 6.43 Å². The van der Waals surface area contributed by atoms with Crippen molar-refractivity contribution < 1.29 is 27.3 Å². The molecule has 46 heavy (non-hydrogen) atoms. The van der Waals surface area contributed by atoms with E-state index >= 15 is 0 Å². The Labute approximate surface area is 270 Å². The topological polar surface area (TPSA) is 83.0 Å². The average molecular weight is 658 g/mol.